The first-order valence-electron chi connectivity index (χ1n) is 4.26. The number of hydrogen-bond acceptors (Lipinski definition) is 1. The van der Waals surface area contributed by atoms with Gasteiger partial charge in [0.1, 0.15) is 6.54 Å². The number of halogens is 1. The van der Waals surface area contributed by atoms with Gasteiger partial charge in [-0.3, -0.25) is 0 Å². The minimum atomic E-state index is 0.448. The van der Waals surface area contributed by atoms with Crippen molar-refractivity contribution in [2.45, 2.75) is 6.54 Å². The molecule has 0 amide bonds. The number of hydrogen-bond donors (Lipinski definition) is 0. The van der Waals surface area contributed by atoms with E-state index >= 15 is 0 Å². The van der Waals surface area contributed by atoms with Gasteiger partial charge in [0.2, 0.25) is 6.20 Å². The predicted octanol–water partition coefficient (Wildman–Crippen LogP) is 1.82. The molecule has 14 heavy (non-hydrogen) atoms. The summed E-state index contributed by atoms with van der Waals surface area (Å²) >= 11 is 5.84. The Morgan fingerprint density at radius 3 is 2.50 bits per heavy atom. The average molecular weight is 209 g/mol. The molecule has 2 rings (SSSR count). The van der Waals surface area contributed by atoms with E-state index in [4.69, 9.17) is 11.6 Å². The molecule has 0 fully saturated rings. The summed E-state index contributed by atoms with van der Waals surface area (Å²) < 4.78 is 1.46. The number of benzene rings is 1. The number of nitrogens with zero attached hydrogens (tertiary/aromatic N) is 2. The highest BCUT2D eigenvalue weighted by Gasteiger charge is 2.07. The van der Waals surface area contributed by atoms with Gasteiger partial charge >= 0.3 is 0 Å². The zero-order valence-electron chi connectivity index (χ0n) is 7.43. The van der Waals surface area contributed by atoms with Crippen molar-refractivity contribution in [2.75, 3.05) is 0 Å². The van der Waals surface area contributed by atoms with E-state index in [0.717, 1.165) is 10.4 Å². The Hall–Kier alpha value is -1.48. The van der Waals surface area contributed by atoms with Gasteiger partial charge in [-0.2, -0.15) is 0 Å². The molecule has 0 spiro atoms. The minimum absolute atomic E-state index is 0.448. The van der Waals surface area contributed by atoms with Crippen LogP contribution < -0.4 is 4.85 Å². The normalized spacial score (nSPS) is 10.4. The summed E-state index contributed by atoms with van der Waals surface area (Å²) in [5.74, 6) is 0. The van der Waals surface area contributed by atoms with Crippen LogP contribution in [-0.4, -0.2) is 4.68 Å². The van der Waals surface area contributed by atoms with Gasteiger partial charge in [0.25, 0.3) is 0 Å². The van der Waals surface area contributed by atoms with E-state index in [1.54, 1.807) is 6.07 Å². The molecule has 72 valence electrons. The fraction of sp³-hybridized carbons (Fsp3) is 0.100. The molecule has 0 N–H and O–H groups in total. The van der Waals surface area contributed by atoms with Crippen LogP contribution in [0.1, 0.15) is 5.56 Å². The number of rotatable bonds is 2. The number of aromatic nitrogens is 2. The highest BCUT2D eigenvalue weighted by molar-refractivity contribution is 6.29. The second-order valence-corrected chi connectivity index (χ2v) is 3.37. The van der Waals surface area contributed by atoms with E-state index in [-0.39, 0.29) is 0 Å². The third-order valence-corrected chi connectivity index (χ3v) is 2.32. The van der Waals surface area contributed by atoms with Crippen molar-refractivity contribution in [3.63, 3.8) is 0 Å². The van der Waals surface area contributed by atoms with Crippen molar-refractivity contribution < 1.29 is 4.85 Å². The molecule has 1 aromatic carbocycles. The molecule has 0 atom stereocenters. The Morgan fingerprint density at radius 2 is 1.93 bits per heavy atom. The first-order chi connectivity index (χ1) is 6.77. The van der Waals surface area contributed by atoms with Crippen LogP contribution in [0.15, 0.2) is 42.6 Å². The van der Waals surface area contributed by atoms with E-state index in [0.29, 0.717) is 11.7 Å². The minimum Gasteiger partial charge on any atom is -0.596 e. The molecule has 1 aromatic heterocycles. The Morgan fingerprint density at radius 1 is 1.21 bits per heavy atom. The smallest absolute Gasteiger partial charge is 0.210 e. The quantitative estimate of drug-likeness (QED) is 0.547. The van der Waals surface area contributed by atoms with E-state index in [1.165, 1.54) is 10.9 Å². The first-order valence-corrected chi connectivity index (χ1v) is 4.63. The van der Waals surface area contributed by atoms with E-state index < -0.39 is 0 Å². The summed E-state index contributed by atoms with van der Waals surface area (Å²) in [6.07, 6.45) is 1.39. The fourth-order valence-electron chi connectivity index (χ4n) is 1.29. The average Bonchev–Trinajstić information content (AvgIpc) is 2.51. The van der Waals surface area contributed by atoms with Crippen molar-refractivity contribution in [1.29, 1.82) is 0 Å². The SMILES string of the molecule is [O-][n+]1ccc(Cl)n1Cc1ccccc1. The van der Waals surface area contributed by atoms with Crippen LogP contribution in [0.25, 0.3) is 0 Å². The lowest BCUT2D eigenvalue weighted by Crippen LogP contribution is -2.36. The Balaban J connectivity index is 2.27. The second kappa shape index (κ2) is 3.72. The summed E-state index contributed by atoms with van der Waals surface area (Å²) in [7, 11) is 0. The van der Waals surface area contributed by atoms with Crippen molar-refractivity contribution in [2.24, 2.45) is 0 Å². The summed E-state index contributed by atoms with van der Waals surface area (Å²) in [5.41, 5.74) is 1.05. The molecule has 3 nitrogen and oxygen atoms in total. The molecule has 0 bridgehead atoms. The molecule has 0 aliphatic rings. The summed E-state index contributed by atoms with van der Waals surface area (Å²) in [6, 6.07) is 11.3. The van der Waals surface area contributed by atoms with Gasteiger partial charge in [0, 0.05) is 6.07 Å². The Labute approximate surface area is 86.7 Å². The molecule has 0 aliphatic heterocycles. The maximum absolute atomic E-state index is 11.2. The van der Waals surface area contributed by atoms with Crippen LogP contribution in [0.2, 0.25) is 5.15 Å². The second-order valence-electron chi connectivity index (χ2n) is 2.98. The highest BCUT2D eigenvalue weighted by Crippen LogP contribution is 2.08. The lowest BCUT2D eigenvalue weighted by molar-refractivity contribution is -0.693. The first kappa shape index (κ1) is 9.09. The fourth-order valence-corrected chi connectivity index (χ4v) is 1.48. The van der Waals surface area contributed by atoms with E-state index in [2.05, 4.69) is 0 Å². The van der Waals surface area contributed by atoms with E-state index in [1.807, 2.05) is 30.3 Å². The zero-order chi connectivity index (χ0) is 9.97. The molecular weight excluding hydrogens is 200 g/mol. The highest BCUT2D eigenvalue weighted by atomic mass is 35.5. The van der Waals surface area contributed by atoms with Gasteiger partial charge < -0.3 is 5.21 Å². The standard InChI is InChI=1S/C10H9ClN2O/c11-10-6-7-13(14)12(10)8-9-4-2-1-3-5-9/h1-7H,8H2. The van der Waals surface area contributed by atoms with Gasteiger partial charge in [-0.1, -0.05) is 46.8 Å². The lowest BCUT2D eigenvalue weighted by Gasteiger charge is -2.03. The molecule has 0 saturated carbocycles. The molecule has 0 radical (unpaired) electrons. The van der Waals surface area contributed by atoms with E-state index in [9.17, 15) is 5.21 Å². The van der Waals surface area contributed by atoms with Crippen molar-refractivity contribution in [1.82, 2.24) is 4.68 Å². The van der Waals surface area contributed by atoms with Gasteiger partial charge in [0.05, 0.1) is 0 Å². The molecular formula is C10H9ClN2O. The van der Waals surface area contributed by atoms with Crippen molar-refractivity contribution in [3.05, 3.63) is 58.5 Å². The van der Waals surface area contributed by atoms with Gasteiger partial charge in [-0.05, 0) is 5.56 Å². The van der Waals surface area contributed by atoms with Crippen LogP contribution in [0, 0.1) is 5.21 Å². The molecule has 1 heterocycles. The largest absolute Gasteiger partial charge is 0.596 e. The van der Waals surface area contributed by atoms with Crippen LogP contribution >= 0.6 is 11.6 Å². The summed E-state index contributed by atoms with van der Waals surface area (Å²) in [6.45, 7) is 0.496. The maximum Gasteiger partial charge on any atom is 0.210 e. The Bertz CT molecular complexity index is 405. The molecule has 0 saturated heterocycles. The zero-order valence-corrected chi connectivity index (χ0v) is 8.19. The summed E-state index contributed by atoms with van der Waals surface area (Å²) in [4.78, 5) is 0.731. The topological polar surface area (TPSA) is 31.9 Å². The third-order valence-electron chi connectivity index (χ3n) is 2.00. The Kier molecular flexibility index (Phi) is 2.41. The van der Waals surface area contributed by atoms with Gasteiger partial charge in [0.15, 0.2) is 5.15 Å². The van der Waals surface area contributed by atoms with Crippen LogP contribution in [0.4, 0.5) is 0 Å². The third kappa shape index (κ3) is 1.72. The van der Waals surface area contributed by atoms with Crippen LogP contribution in [-0.2, 0) is 6.54 Å². The lowest BCUT2D eigenvalue weighted by atomic mass is 10.2. The van der Waals surface area contributed by atoms with Crippen LogP contribution in [0.3, 0.4) is 0 Å². The molecule has 2 aromatic rings. The van der Waals surface area contributed by atoms with Gasteiger partial charge in [-0.15, -0.1) is 4.68 Å². The summed E-state index contributed by atoms with van der Waals surface area (Å²) in [5, 5.41) is 11.7. The van der Waals surface area contributed by atoms with Crippen LogP contribution in [0.5, 0.6) is 0 Å². The molecule has 4 heteroatoms. The maximum atomic E-state index is 11.2. The van der Waals surface area contributed by atoms with Gasteiger partial charge in [-0.25, -0.2) is 0 Å². The predicted molar refractivity (Wildman–Crippen MR) is 53.9 cm³/mol. The van der Waals surface area contributed by atoms with Crippen molar-refractivity contribution in [3.8, 4) is 0 Å². The molecule has 0 unspecified atom stereocenters. The van der Waals surface area contributed by atoms with Crippen molar-refractivity contribution >= 4 is 11.6 Å². The monoisotopic (exact) mass is 208 g/mol. The molecule has 0 aliphatic carbocycles.